The van der Waals surface area contributed by atoms with Crippen LogP contribution in [0.5, 0.6) is 0 Å². The van der Waals surface area contributed by atoms with Crippen molar-refractivity contribution < 1.29 is 13.2 Å². The third-order valence-corrected chi connectivity index (χ3v) is 7.72. The Morgan fingerprint density at radius 3 is 2.29 bits per heavy atom. The summed E-state index contributed by atoms with van der Waals surface area (Å²) in [6, 6.07) is 11.7. The van der Waals surface area contributed by atoms with Crippen LogP contribution in [0, 0.1) is 5.92 Å². The molecule has 0 atom stereocenters. The maximum absolute atomic E-state index is 12.9. The SMILES string of the molecule is CC(=O)Nc1ccc(S(=O)(=O)Nc2ccc3c(c2)nc(C(C)(C)C)n3CC2CCCCC2)cc1. The van der Waals surface area contributed by atoms with Gasteiger partial charge >= 0.3 is 0 Å². The Morgan fingerprint density at radius 2 is 1.68 bits per heavy atom. The number of nitrogens with zero attached hydrogens (tertiary/aromatic N) is 2. The summed E-state index contributed by atoms with van der Waals surface area (Å²) < 4.78 is 30.9. The minimum Gasteiger partial charge on any atom is -0.327 e. The first-order valence-electron chi connectivity index (χ1n) is 11.9. The molecule has 0 aliphatic heterocycles. The molecule has 1 amide bonds. The predicted octanol–water partition coefficient (Wildman–Crippen LogP) is 5.67. The van der Waals surface area contributed by atoms with Crippen LogP contribution in [-0.4, -0.2) is 23.9 Å². The molecule has 1 fully saturated rings. The van der Waals surface area contributed by atoms with E-state index >= 15 is 0 Å². The highest BCUT2D eigenvalue weighted by molar-refractivity contribution is 7.92. The maximum Gasteiger partial charge on any atom is 0.261 e. The minimum atomic E-state index is -3.78. The molecule has 0 bridgehead atoms. The van der Waals surface area contributed by atoms with Gasteiger partial charge in [-0.15, -0.1) is 0 Å². The van der Waals surface area contributed by atoms with Crippen LogP contribution in [0.4, 0.5) is 11.4 Å². The zero-order valence-corrected chi connectivity index (χ0v) is 21.2. The number of hydrogen-bond donors (Lipinski definition) is 2. The van der Waals surface area contributed by atoms with Gasteiger partial charge in [-0.05, 0) is 61.2 Å². The summed E-state index contributed by atoms with van der Waals surface area (Å²) in [6.45, 7) is 8.86. The number of amides is 1. The molecule has 1 aromatic heterocycles. The third kappa shape index (κ3) is 5.43. The van der Waals surface area contributed by atoms with Gasteiger partial charge in [-0.3, -0.25) is 9.52 Å². The van der Waals surface area contributed by atoms with Gasteiger partial charge in [0, 0.05) is 24.6 Å². The molecule has 1 saturated carbocycles. The van der Waals surface area contributed by atoms with Crippen molar-refractivity contribution in [1.82, 2.24) is 9.55 Å². The van der Waals surface area contributed by atoms with E-state index in [-0.39, 0.29) is 16.2 Å². The van der Waals surface area contributed by atoms with Gasteiger partial charge in [0.1, 0.15) is 5.82 Å². The summed E-state index contributed by atoms with van der Waals surface area (Å²) in [7, 11) is -3.78. The number of hydrogen-bond acceptors (Lipinski definition) is 4. The summed E-state index contributed by atoms with van der Waals surface area (Å²) >= 11 is 0. The van der Waals surface area contributed by atoms with E-state index in [1.54, 1.807) is 18.2 Å². The van der Waals surface area contributed by atoms with Crippen LogP contribution in [0.2, 0.25) is 0 Å². The van der Waals surface area contributed by atoms with Crippen LogP contribution in [0.3, 0.4) is 0 Å². The first kappa shape index (κ1) is 24.3. The molecule has 0 radical (unpaired) electrons. The number of carbonyl (C=O) groups is 1. The lowest BCUT2D eigenvalue weighted by molar-refractivity contribution is -0.114. The summed E-state index contributed by atoms with van der Waals surface area (Å²) in [5, 5.41) is 2.64. The highest BCUT2D eigenvalue weighted by Gasteiger charge is 2.25. The number of anilines is 2. The predicted molar refractivity (Wildman–Crippen MR) is 137 cm³/mol. The molecule has 34 heavy (non-hydrogen) atoms. The van der Waals surface area contributed by atoms with Crippen LogP contribution in [0.25, 0.3) is 11.0 Å². The monoisotopic (exact) mass is 482 g/mol. The fourth-order valence-electron chi connectivity index (χ4n) is 4.71. The second-order valence-corrected chi connectivity index (χ2v) is 12.0. The van der Waals surface area contributed by atoms with E-state index in [2.05, 4.69) is 35.4 Å². The van der Waals surface area contributed by atoms with E-state index < -0.39 is 10.0 Å². The Labute approximate surface area is 202 Å². The highest BCUT2D eigenvalue weighted by Crippen LogP contribution is 2.32. The molecular weight excluding hydrogens is 448 g/mol. The van der Waals surface area contributed by atoms with Crippen molar-refractivity contribution in [3.8, 4) is 0 Å². The Kier molecular flexibility index (Phi) is 6.71. The van der Waals surface area contributed by atoms with Gasteiger partial charge in [0.2, 0.25) is 5.91 Å². The number of carbonyl (C=O) groups excluding carboxylic acids is 1. The fourth-order valence-corrected chi connectivity index (χ4v) is 5.76. The average molecular weight is 483 g/mol. The molecule has 0 spiro atoms. The molecule has 8 heteroatoms. The van der Waals surface area contributed by atoms with Gasteiger partial charge in [-0.2, -0.15) is 0 Å². The Balaban J connectivity index is 1.62. The van der Waals surface area contributed by atoms with Crippen molar-refractivity contribution in [2.45, 2.75) is 76.7 Å². The third-order valence-electron chi connectivity index (χ3n) is 6.32. The number of benzene rings is 2. The summed E-state index contributed by atoms with van der Waals surface area (Å²) in [5.74, 6) is 1.48. The lowest BCUT2D eigenvalue weighted by atomic mass is 9.88. The molecule has 1 aliphatic carbocycles. The van der Waals surface area contributed by atoms with Crippen LogP contribution in [0.15, 0.2) is 47.4 Å². The average Bonchev–Trinajstić information content (AvgIpc) is 3.12. The molecule has 0 saturated heterocycles. The molecule has 182 valence electrons. The van der Waals surface area contributed by atoms with Gasteiger partial charge in [0.15, 0.2) is 0 Å². The smallest absolute Gasteiger partial charge is 0.261 e. The van der Waals surface area contributed by atoms with Crippen LogP contribution in [0.1, 0.15) is 65.6 Å². The molecule has 2 aromatic carbocycles. The summed E-state index contributed by atoms with van der Waals surface area (Å²) in [6.07, 6.45) is 6.41. The van der Waals surface area contributed by atoms with E-state index in [1.807, 2.05) is 12.1 Å². The van der Waals surface area contributed by atoms with Crippen molar-refractivity contribution in [2.24, 2.45) is 5.92 Å². The highest BCUT2D eigenvalue weighted by atomic mass is 32.2. The number of nitrogens with one attached hydrogen (secondary N) is 2. The van der Waals surface area contributed by atoms with E-state index in [4.69, 9.17) is 4.98 Å². The molecule has 2 N–H and O–H groups in total. The lowest BCUT2D eigenvalue weighted by Crippen LogP contribution is -2.22. The molecule has 1 heterocycles. The van der Waals surface area contributed by atoms with E-state index in [0.717, 1.165) is 23.4 Å². The second kappa shape index (κ2) is 9.41. The van der Waals surface area contributed by atoms with Crippen molar-refractivity contribution in [3.05, 3.63) is 48.3 Å². The fraction of sp³-hybridized carbons (Fsp3) is 0.462. The largest absolute Gasteiger partial charge is 0.327 e. The molecule has 3 aromatic rings. The van der Waals surface area contributed by atoms with Gasteiger partial charge in [-0.25, -0.2) is 13.4 Å². The Hall–Kier alpha value is -2.87. The Bertz CT molecular complexity index is 1280. The zero-order chi connectivity index (χ0) is 24.5. The second-order valence-electron chi connectivity index (χ2n) is 10.3. The van der Waals surface area contributed by atoms with Crippen molar-refractivity contribution >= 4 is 38.3 Å². The topological polar surface area (TPSA) is 93.1 Å². The van der Waals surface area contributed by atoms with Crippen molar-refractivity contribution in [1.29, 1.82) is 0 Å². The van der Waals surface area contributed by atoms with Crippen molar-refractivity contribution in [2.75, 3.05) is 10.0 Å². The summed E-state index contributed by atoms with van der Waals surface area (Å²) in [4.78, 5) is 16.3. The van der Waals surface area contributed by atoms with Crippen molar-refractivity contribution in [3.63, 3.8) is 0 Å². The first-order valence-corrected chi connectivity index (χ1v) is 13.4. The van der Waals surface area contributed by atoms with Crippen LogP contribution < -0.4 is 10.0 Å². The molecular formula is C26H34N4O3S. The van der Waals surface area contributed by atoms with E-state index in [9.17, 15) is 13.2 Å². The quantitative estimate of drug-likeness (QED) is 0.473. The molecule has 7 nitrogen and oxygen atoms in total. The molecule has 1 aliphatic rings. The minimum absolute atomic E-state index is 0.122. The maximum atomic E-state index is 12.9. The molecule has 0 unspecified atom stereocenters. The number of rotatable bonds is 6. The van der Waals surface area contributed by atoms with E-state index in [0.29, 0.717) is 17.3 Å². The van der Waals surface area contributed by atoms with Crippen LogP contribution >= 0.6 is 0 Å². The first-order chi connectivity index (χ1) is 16.0. The number of imidazole rings is 1. The van der Waals surface area contributed by atoms with Gasteiger partial charge < -0.3 is 9.88 Å². The summed E-state index contributed by atoms with van der Waals surface area (Å²) in [5.41, 5.74) is 2.73. The van der Waals surface area contributed by atoms with Gasteiger partial charge in [0.25, 0.3) is 10.0 Å². The standard InChI is InChI=1S/C26H34N4O3S/c1-18(31)27-20-10-13-22(14-11-20)34(32,33)29-21-12-15-24-23(16-21)28-25(26(2,3)4)30(24)17-19-8-6-5-7-9-19/h10-16,19,29H,5-9,17H2,1-4H3,(H,27,31). The van der Waals surface area contributed by atoms with Gasteiger partial charge in [-0.1, -0.05) is 40.0 Å². The van der Waals surface area contributed by atoms with Gasteiger partial charge in [0.05, 0.1) is 21.6 Å². The number of sulfonamides is 1. The molecule has 4 rings (SSSR count). The number of aromatic nitrogens is 2. The normalized spacial score (nSPS) is 15.4. The van der Waals surface area contributed by atoms with Crippen LogP contribution in [-0.2, 0) is 26.8 Å². The lowest BCUT2D eigenvalue weighted by Gasteiger charge is -2.26. The zero-order valence-electron chi connectivity index (χ0n) is 20.4. The number of fused-ring (bicyclic) bond motifs is 1. The Morgan fingerprint density at radius 1 is 1.03 bits per heavy atom. The van der Waals surface area contributed by atoms with E-state index in [1.165, 1.54) is 51.2 Å².